The summed E-state index contributed by atoms with van der Waals surface area (Å²) in [6.45, 7) is 3.66. The van der Waals surface area contributed by atoms with Crippen LogP contribution in [0.3, 0.4) is 0 Å². The van der Waals surface area contributed by atoms with Crippen LogP contribution in [-0.4, -0.2) is 22.8 Å². The van der Waals surface area contributed by atoms with Gasteiger partial charge in [0.15, 0.2) is 0 Å². The number of hydrogen-bond acceptors (Lipinski definition) is 3. The van der Waals surface area contributed by atoms with Gasteiger partial charge in [-0.25, -0.2) is 4.98 Å². The minimum absolute atomic E-state index is 0.182. The molecule has 5 nitrogen and oxygen atoms in total. The minimum atomic E-state index is -0.266. The molecule has 0 aliphatic rings. The van der Waals surface area contributed by atoms with Gasteiger partial charge in [0, 0.05) is 23.7 Å². The summed E-state index contributed by atoms with van der Waals surface area (Å²) in [4.78, 5) is 28.1. The van der Waals surface area contributed by atoms with Crippen LogP contribution in [0.25, 0.3) is 0 Å². The molecule has 0 aliphatic carbocycles. The molecule has 0 spiro atoms. The maximum atomic E-state index is 12.0. The minimum Gasteiger partial charge on any atom is -0.349 e. The Morgan fingerprint density at radius 3 is 2.50 bits per heavy atom. The zero-order chi connectivity index (χ0) is 15.9. The van der Waals surface area contributed by atoms with Crippen LogP contribution >= 0.6 is 0 Å². The van der Waals surface area contributed by atoms with Crippen molar-refractivity contribution in [2.24, 2.45) is 0 Å². The molecule has 0 unspecified atom stereocenters. The largest absolute Gasteiger partial charge is 0.349 e. The van der Waals surface area contributed by atoms with Gasteiger partial charge in [0.25, 0.3) is 5.91 Å². The van der Waals surface area contributed by atoms with Crippen molar-refractivity contribution >= 4 is 17.6 Å². The van der Waals surface area contributed by atoms with E-state index in [1.54, 1.807) is 37.3 Å². The number of pyridine rings is 1. The zero-order valence-electron chi connectivity index (χ0n) is 12.7. The Kier molecular flexibility index (Phi) is 5.25. The molecule has 2 rings (SSSR count). The molecule has 0 fully saturated rings. The first-order chi connectivity index (χ1) is 10.5. The maximum absolute atomic E-state index is 12.0. The molecule has 2 aromatic rings. The van der Waals surface area contributed by atoms with E-state index in [2.05, 4.69) is 15.6 Å². The second kappa shape index (κ2) is 7.36. The summed E-state index contributed by atoms with van der Waals surface area (Å²) in [6, 6.07) is 14.1. The molecular formula is C17H19N3O2. The van der Waals surface area contributed by atoms with Crippen molar-refractivity contribution in [1.82, 2.24) is 10.3 Å². The van der Waals surface area contributed by atoms with Crippen molar-refractivity contribution < 1.29 is 9.59 Å². The third-order valence-corrected chi connectivity index (χ3v) is 3.06. The fourth-order valence-corrected chi connectivity index (χ4v) is 2.03. The number of amides is 2. The number of carbonyl (C=O) groups excluding carboxylic acids is 2. The van der Waals surface area contributed by atoms with Crippen molar-refractivity contribution in [2.75, 3.05) is 5.32 Å². The van der Waals surface area contributed by atoms with E-state index in [1.807, 2.05) is 25.1 Å². The molecule has 0 radical (unpaired) electrons. The van der Waals surface area contributed by atoms with E-state index in [4.69, 9.17) is 0 Å². The van der Waals surface area contributed by atoms with Crippen LogP contribution in [-0.2, 0) is 4.79 Å². The highest BCUT2D eigenvalue weighted by atomic mass is 16.2. The van der Waals surface area contributed by atoms with Crippen LogP contribution in [0.5, 0.6) is 0 Å². The Balaban J connectivity index is 1.85. The highest BCUT2D eigenvalue weighted by molar-refractivity contribution is 5.95. The number of aromatic nitrogens is 1. The predicted molar refractivity (Wildman–Crippen MR) is 85.6 cm³/mol. The zero-order valence-corrected chi connectivity index (χ0v) is 12.7. The number of anilines is 1. The normalized spacial score (nSPS) is 11.5. The highest BCUT2D eigenvalue weighted by Gasteiger charge is 2.13. The van der Waals surface area contributed by atoms with Crippen molar-refractivity contribution in [3.63, 3.8) is 0 Å². The summed E-state index contributed by atoms with van der Waals surface area (Å²) >= 11 is 0. The molecule has 5 heteroatoms. The van der Waals surface area contributed by atoms with Gasteiger partial charge in [-0.15, -0.1) is 0 Å². The summed E-state index contributed by atoms with van der Waals surface area (Å²) < 4.78 is 0. The first-order valence-corrected chi connectivity index (χ1v) is 7.14. The second-order valence-electron chi connectivity index (χ2n) is 5.16. The van der Waals surface area contributed by atoms with E-state index in [1.165, 1.54) is 0 Å². The first kappa shape index (κ1) is 15.7. The summed E-state index contributed by atoms with van der Waals surface area (Å²) in [5.74, 6) is 0.153. The molecule has 2 N–H and O–H groups in total. The van der Waals surface area contributed by atoms with E-state index in [-0.39, 0.29) is 24.3 Å². The topological polar surface area (TPSA) is 71.1 Å². The Morgan fingerprint density at radius 1 is 1.09 bits per heavy atom. The van der Waals surface area contributed by atoms with Crippen molar-refractivity contribution in [2.45, 2.75) is 26.3 Å². The van der Waals surface area contributed by atoms with Gasteiger partial charge >= 0.3 is 0 Å². The lowest BCUT2D eigenvalue weighted by Crippen LogP contribution is -2.35. The average Bonchev–Trinajstić information content (AvgIpc) is 2.47. The lowest BCUT2D eigenvalue weighted by atomic mass is 10.1. The van der Waals surface area contributed by atoms with E-state index < -0.39 is 0 Å². The van der Waals surface area contributed by atoms with Gasteiger partial charge in [-0.3, -0.25) is 9.59 Å². The molecule has 1 aromatic carbocycles. The van der Waals surface area contributed by atoms with Crippen LogP contribution in [0.15, 0.2) is 48.5 Å². The van der Waals surface area contributed by atoms with Gasteiger partial charge in [-0.1, -0.05) is 24.3 Å². The SMILES string of the molecule is Cc1cccc(NC(=O)C[C@@H](C)NC(=O)c2ccccc2)n1. The molecular weight excluding hydrogens is 278 g/mol. The molecule has 0 saturated carbocycles. The molecule has 22 heavy (non-hydrogen) atoms. The van der Waals surface area contributed by atoms with Crippen LogP contribution in [0.2, 0.25) is 0 Å². The summed E-state index contributed by atoms with van der Waals surface area (Å²) in [6.07, 6.45) is 0.189. The molecule has 0 saturated heterocycles. The van der Waals surface area contributed by atoms with Gasteiger partial charge < -0.3 is 10.6 Å². The summed E-state index contributed by atoms with van der Waals surface area (Å²) in [5.41, 5.74) is 1.42. The van der Waals surface area contributed by atoms with Crippen molar-refractivity contribution in [3.05, 3.63) is 59.8 Å². The Labute approximate surface area is 129 Å². The molecule has 1 aromatic heterocycles. The van der Waals surface area contributed by atoms with Crippen LogP contribution in [0.1, 0.15) is 29.4 Å². The number of benzene rings is 1. The lowest BCUT2D eigenvalue weighted by Gasteiger charge is -2.13. The van der Waals surface area contributed by atoms with E-state index in [0.29, 0.717) is 11.4 Å². The average molecular weight is 297 g/mol. The maximum Gasteiger partial charge on any atom is 0.251 e. The van der Waals surface area contributed by atoms with Crippen molar-refractivity contribution in [1.29, 1.82) is 0 Å². The quantitative estimate of drug-likeness (QED) is 0.891. The Hall–Kier alpha value is -2.69. The van der Waals surface area contributed by atoms with Gasteiger partial charge in [0.2, 0.25) is 5.91 Å². The summed E-state index contributed by atoms with van der Waals surface area (Å²) in [7, 11) is 0. The number of aryl methyl sites for hydroxylation is 1. The van der Waals surface area contributed by atoms with Gasteiger partial charge in [-0.05, 0) is 38.1 Å². The highest BCUT2D eigenvalue weighted by Crippen LogP contribution is 2.06. The van der Waals surface area contributed by atoms with Crippen LogP contribution in [0.4, 0.5) is 5.82 Å². The monoisotopic (exact) mass is 297 g/mol. The molecule has 1 heterocycles. The second-order valence-corrected chi connectivity index (χ2v) is 5.16. The number of nitrogens with one attached hydrogen (secondary N) is 2. The van der Waals surface area contributed by atoms with Gasteiger partial charge in [-0.2, -0.15) is 0 Å². The number of hydrogen-bond donors (Lipinski definition) is 2. The number of carbonyl (C=O) groups is 2. The number of nitrogens with zero attached hydrogens (tertiary/aromatic N) is 1. The standard InChI is InChI=1S/C17H19N3O2/c1-12-7-6-10-15(18-12)20-16(21)11-13(2)19-17(22)14-8-4-3-5-9-14/h3-10,13H,11H2,1-2H3,(H,19,22)(H,18,20,21)/t13-/m1/s1. The Bertz CT molecular complexity index is 656. The fourth-order valence-electron chi connectivity index (χ4n) is 2.03. The first-order valence-electron chi connectivity index (χ1n) is 7.14. The molecule has 1 atom stereocenters. The van der Waals surface area contributed by atoms with Crippen LogP contribution < -0.4 is 10.6 Å². The van der Waals surface area contributed by atoms with E-state index in [9.17, 15) is 9.59 Å². The Morgan fingerprint density at radius 2 is 1.82 bits per heavy atom. The fraction of sp³-hybridized carbons (Fsp3) is 0.235. The molecule has 0 aliphatic heterocycles. The summed E-state index contributed by atoms with van der Waals surface area (Å²) in [5, 5.41) is 5.53. The van der Waals surface area contributed by atoms with E-state index in [0.717, 1.165) is 5.69 Å². The van der Waals surface area contributed by atoms with Gasteiger partial charge in [0.1, 0.15) is 5.82 Å². The van der Waals surface area contributed by atoms with E-state index >= 15 is 0 Å². The molecule has 114 valence electrons. The predicted octanol–water partition coefficient (Wildman–Crippen LogP) is 2.54. The van der Waals surface area contributed by atoms with Crippen LogP contribution in [0, 0.1) is 6.92 Å². The smallest absolute Gasteiger partial charge is 0.251 e. The third-order valence-electron chi connectivity index (χ3n) is 3.06. The van der Waals surface area contributed by atoms with Gasteiger partial charge in [0.05, 0.1) is 0 Å². The number of rotatable bonds is 5. The lowest BCUT2D eigenvalue weighted by molar-refractivity contribution is -0.116. The molecule has 2 amide bonds. The molecule has 0 bridgehead atoms. The van der Waals surface area contributed by atoms with Crippen molar-refractivity contribution in [3.8, 4) is 0 Å². The third kappa shape index (κ3) is 4.70.